The summed E-state index contributed by atoms with van der Waals surface area (Å²) in [4.78, 5) is 11.4. The Hall–Kier alpha value is -1.71. The second-order valence-corrected chi connectivity index (χ2v) is 4.82. The number of carbonyl (C=O) groups is 1. The second-order valence-electron chi connectivity index (χ2n) is 4.82. The minimum absolute atomic E-state index is 0.0156. The summed E-state index contributed by atoms with van der Waals surface area (Å²) < 4.78 is 11.9. The van der Waals surface area contributed by atoms with Crippen LogP contribution in [0, 0.1) is 0 Å². The lowest BCUT2D eigenvalue weighted by atomic mass is 9.87. The van der Waals surface area contributed by atoms with Gasteiger partial charge in [-0.05, 0) is 24.3 Å². The van der Waals surface area contributed by atoms with Crippen LogP contribution in [0.2, 0.25) is 0 Å². The Bertz CT molecular complexity index is 563. The molecule has 0 fully saturated rings. The number of ketones is 1. The first kappa shape index (κ1) is 12.3. The van der Waals surface area contributed by atoms with E-state index in [1.807, 2.05) is 43.3 Å². The highest BCUT2D eigenvalue weighted by atomic mass is 16.7. The van der Waals surface area contributed by atoms with Gasteiger partial charge in [-0.1, -0.05) is 31.2 Å². The molecule has 1 aromatic rings. The largest absolute Gasteiger partial charge is 0.349 e. The van der Waals surface area contributed by atoms with E-state index >= 15 is 0 Å². The molecule has 1 heterocycles. The zero-order valence-corrected chi connectivity index (χ0v) is 11.1. The molecule has 1 atom stereocenters. The first-order valence-electron chi connectivity index (χ1n) is 6.43. The first-order valence-corrected chi connectivity index (χ1v) is 6.43. The van der Waals surface area contributed by atoms with E-state index < -0.39 is 11.4 Å². The molecule has 1 spiro atoms. The van der Waals surface area contributed by atoms with Gasteiger partial charge >= 0.3 is 0 Å². The molecular weight excluding hydrogens is 240 g/mol. The molecule has 0 saturated heterocycles. The van der Waals surface area contributed by atoms with Crippen LogP contribution in [-0.2, 0) is 25.7 Å². The third-order valence-electron chi connectivity index (χ3n) is 3.88. The average Bonchev–Trinajstić information content (AvgIpc) is 2.74. The van der Waals surface area contributed by atoms with Gasteiger partial charge in [-0.25, -0.2) is 0 Å². The van der Waals surface area contributed by atoms with Crippen LogP contribution >= 0.6 is 0 Å². The predicted molar refractivity (Wildman–Crippen MR) is 71.5 cm³/mol. The monoisotopic (exact) mass is 256 g/mol. The number of fused-ring (bicyclic) bond motifs is 2. The lowest BCUT2D eigenvalue weighted by Gasteiger charge is -2.31. The second kappa shape index (κ2) is 4.15. The Morgan fingerprint density at radius 1 is 1.16 bits per heavy atom. The van der Waals surface area contributed by atoms with Crippen molar-refractivity contribution in [3.63, 3.8) is 0 Å². The number of methoxy groups -OCH3 is 1. The highest BCUT2D eigenvalue weighted by Gasteiger charge is 2.51. The summed E-state index contributed by atoms with van der Waals surface area (Å²) in [7, 11) is 1.65. The fourth-order valence-corrected chi connectivity index (χ4v) is 2.87. The fourth-order valence-electron chi connectivity index (χ4n) is 2.87. The molecule has 0 amide bonds. The van der Waals surface area contributed by atoms with Crippen LogP contribution in [0.5, 0.6) is 0 Å². The lowest BCUT2D eigenvalue weighted by molar-refractivity contribution is -0.252. The first-order chi connectivity index (χ1) is 9.16. The van der Waals surface area contributed by atoms with Gasteiger partial charge in [-0.2, -0.15) is 0 Å². The number of hydrogen-bond donors (Lipinski definition) is 0. The molecule has 1 aliphatic carbocycles. The summed E-state index contributed by atoms with van der Waals surface area (Å²) in [5, 5.41) is 0. The Kier molecular flexibility index (Phi) is 2.69. The SMILES string of the molecule is CCC1(OC)OC2(C=CC(=O)C=C2)c2ccccc21. The van der Waals surface area contributed by atoms with Crippen LogP contribution in [0.25, 0.3) is 0 Å². The van der Waals surface area contributed by atoms with Crippen molar-refractivity contribution in [2.75, 3.05) is 7.11 Å². The smallest absolute Gasteiger partial charge is 0.196 e. The van der Waals surface area contributed by atoms with Gasteiger partial charge in [0.15, 0.2) is 11.6 Å². The molecule has 1 aliphatic heterocycles. The van der Waals surface area contributed by atoms with Crippen molar-refractivity contribution >= 4 is 5.78 Å². The van der Waals surface area contributed by atoms with Gasteiger partial charge in [-0.15, -0.1) is 0 Å². The average molecular weight is 256 g/mol. The van der Waals surface area contributed by atoms with Gasteiger partial charge < -0.3 is 9.47 Å². The normalized spacial score (nSPS) is 26.9. The van der Waals surface area contributed by atoms with Gasteiger partial charge in [0.1, 0.15) is 5.60 Å². The molecule has 19 heavy (non-hydrogen) atoms. The standard InChI is InChI=1S/C16H16O3/c1-3-16(18-2)14-7-5-4-6-13(14)15(19-16)10-8-12(17)9-11-15/h4-11H,3H2,1-2H3. The van der Waals surface area contributed by atoms with Crippen molar-refractivity contribution in [2.24, 2.45) is 0 Å². The molecule has 0 radical (unpaired) electrons. The maximum Gasteiger partial charge on any atom is 0.196 e. The van der Waals surface area contributed by atoms with Gasteiger partial charge in [0, 0.05) is 24.7 Å². The van der Waals surface area contributed by atoms with E-state index in [4.69, 9.17) is 9.47 Å². The predicted octanol–water partition coefficient (Wildman–Crippen LogP) is 2.82. The Morgan fingerprint density at radius 2 is 1.79 bits per heavy atom. The maximum absolute atomic E-state index is 11.4. The van der Waals surface area contributed by atoms with Crippen molar-refractivity contribution in [1.82, 2.24) is 0 Å². The maximum atomic E-state index is 11.4. The number of rotatable bonds is 2. The van der Waals surface area contributed by atoms with Gasteiger partial charge in [0.2, 0.25) is 0 Å². The van der Waals surface area contributed by atoms with Crippen molar-refractivity contribution in [3.05, 3.63) is 59.7 Å². The Labute approximate surface area is 112 Å². The van der Waals surface area contributed by atoms with Crippen LogP contribution in [0.15, 0.2) is 48.6 Å². The van der Waals surface area contributed by atoms with Crippen LogP contribution in [0.3, 0.4) is 0 Å². The number of ether oxygens (including phenoxy) is 2. The van der Waals surface area contributed by atoms with Gasteiger partial charge in [0.25, 0.3) is 0 Å². The highest BCUT2D eigenvalue weighted by molar-refractivity contribution is 6.00. The van der Waals surface area contributed by atoms with Gasteiger partial charge in [0.05, 0.1) is 0 Å². The number of hydrogen-bond acceptors (Lipinski definition) is 3. The third kappa shape index (κ3) is 1.62. The molecule has 0 saturated carbocycles. The molecule has 0 bridgehead atoms. The van der Waals surface area contributed by atoms with E-state index in [0.717, 1.165) is 11.1 Å². The fraction of sp³-hybridized carbons (Fsp3) is 0.312. The highest BCUT2D eigenvalue weighted by Crippen LogP contribution is 2.51. The van der Waals surface area contributed by atoms with E-state index in [2.05, 4.69) is 0 Å². The van der Waals surface area contributed by atoms with Crippen LogP contribution in [-0.4, -0.2) is 12.9 Å². The van der Waals surface area contributed by atoms with E-state index in [1.54, 1.807) is 19.3 Å². The van der Waals surface area contributed by atoms with Crippen LogP contribution in [0.4, 0.5) is 0 Å². The van der Waals surface area contributed by atoms with Gasteiger partial charge in [-0.3, -0.25) is 4.79 Å². The topological polar surface area (TPSA) is 35.5 Å². The number of benzene rings is 1. The van der Waals surface area contributed by atoms with E-state index in [1.165, 1.54) is 0 Å². The number of carbonyl (C=O) groups excluding carboxylic acids is 1. The molecular formula is C16H16O3. The van der Waals surface area contributed by atoms with Crippen LogP contribution in [0.1, 0.15) is 24.5 Å². The van der Waals surface area contributed by atoms with Crippen molar-refractivity contribution < 1.29 is 14.3 Å². The van der Waals surface area contributed by atoms with Crippen molar-refractivity contribution in [1.29, 1.82) is 0 Å². The number of allylic oxidation sites excluding steroid dienone is 2. The molecule has 1 aromatic carbocycles. The molecule has 3 nitrogen and oxygen atoms in total. The molecule has 0 N–H and O–H groups in total. The zero-order valence-electron chi connectivity index (χ0n) is 11.1. The summed E-state index contributed by atoms with van der Waals surface area (Å²) in [5.41, 5.74) is 1.39. The van der Waals surface area contributed by atoms with Crippen molar-refractivity contribution in [2.45, 2.75) is 24.7 Å². The summed E-state index contributed by atoms with van der Waals surface area (Å²) in [6.07, 6.45) is 7.43. The van der Waals surface area contributed by atoms with E-state index in [0.29, 0.717) is 6.42 Å². The van der Waals surface area contributed by atoms with E-state index in [-0.39, 0.29) is 5.78 Å². The molecule has 2 aliphatic rings. The van der Waals surface area contributed by atoms with Crippen LogP contribution < -0.4 is 0 Å². The molecule has 1 unspecified atom stereocenters. The van der Waals surface area contributed by atoms with Crippen molar-refractivity contribution in [3.8, 4) is 0 Å². The summed E-state index contributed by atoms with van der Waals surface area (Å²) in [5.74, 6) is -0.760. The Balaban J connectivity index is 2.20. The zero-order chi connectivity index (χ0) is 13.5. The lowest BCUT2D eigenvalue weighted by Crippen LogP contribution is -2.32. The van der Waals surface area contributed by atoms with E-state index in [9.17, 15) is 4.79 Å². The minimum Gasteiger partial charge on any atom is -0.349 e. The molecule has 3 rings (SSSR count). The Morgan fingerprint density at radius 3 is 2.37 bits per heavy atom. The molecule has 98 valence electrons. The minimum atomic E-state index is -0.744. The molecule has 3 heteroatoms. The molecule has 0 aromatic heterocycles. The summed E-state index contributed by atoms with van der Waals surface area (Å²) >= 11 is 0. The summed E-state index contributed by atoms with van der Waals surface area (Å²) in [6, 6.07) is 8.00. The third-order valence-corrected chi connectivity index (χ3v) is 3.88. The summed E-state index contributed by atoms with van der Waals surface area (Å²) in [6.45, 7) is 2.03. The quantitative estimate of drug-likeness (QED) is 0.816.